The third-order valence-electron chi connectivity index (χ3n) is 3.44. The molecule has 2 rings (SSSR count). The van der Waals surface area contributed by atoms with Gasteiger partial charge in [-0.3, -0.25) is 4.72 Å². The van der Waals surface area contributed by atoms with Crippen LogP contribution in [0.1, 0.15) is 15.9 Å². The van der Waals surface area contributed by atoms with Crippen molar-refractivity contribution < 1.29 is 27.8 Å². The van der Waals surface area contributed by atoms with Gasteiger partial charge in [-0.15, -0.1) is 0 Å². The summed E-state index contributed by atoms with van der Waals surface area (Å²) in [5, 5.41) is 9.33. The summed E-state index contributed by atoms with van der Waals surface area (Å²) in [7, 11) is -1.30. The molecule has 0 bridgehead atoms. The predicted molar refractivity (Wildman–Crippen MR) is 93.5 cm³/mol. The molecular formula is C16H16ClNO6S. The Hall–Kier alpha value is -2.45. The summed E-state index contributed by atoms with van der Waals surface area (Å²) in [6.07, 6.45) is 0. The topological polar surface area (TPSA) is 102 Å². The SMILES string of the molecule is COc1cc(NS(=O)(=O)c2cc(C(=O)O)ccc2C)c(OC)cc1Cl. The number of rotatable bonds is 6. The van der Waals surface area contributed by atoms with Crippen LogP contribution in [0.15, 0.2) is 35.2 Å². The van der Waals surface area contributed by atoms with Gasteiger partial charge in [-0.05, 0) is 24.6 Å². The van der Waals surface area contributed by atoms with Crippen molar-refractivity contribution in [2.45, 2.75) is 11.8 Å². The third kappa shape index (κ3) is 3.97. The molecule has 2 aromatic carbocycles. The molecule has 0 aromatic heterocycles. The molecule has 0 amide bonds. The van der Waals surface area contributed by atoms with Crippen LogP contribution in [0.25, 0.3) is 0 Å². The third-order valence-corrected chi connectivity index (χ3v) is 5.25. The first-order chi connectivity index (χ1) is 11.7. The van der Waals surface area contributed by atoms with Gasteiger partial charge in [0.25, 0.3) is 10.0 Å². The van der Waals surface area contributed by atoms with E-state index in [4.69, 9.17) is 26.2 Å². The zero-order valence-corrected chi connectivity index (χ0v) is 15.2. The second-order valence-corrected chi connectivity index (χ2v) is 7.14. The number of sulfonamides is 1. The Morgan fingerprint density at radius 2 is 1.76 bits per heavy atom. The van der Waals surface area contributed by atoms with E-state index in [1.54, 1.807) is 6.92 Å². The Labute approximate surface area is 150 Å². The van der Waals surface area contributed by atoms with Crippen LogP contribution in [-0.2, 0) is 10.0 Å². The minimum atomic E-state index is -4.06. The van der Waals surface area contributed by atoms with Gasteiger partial charge in [-0.2, -0.15) is 0 Å². The number of halogens is 1. The van der Waals surface area contributed by atoms with Gasteiger partial charge in [0.1, 0.15) is 11.5 Å². The van der Waals surface area contributed by atoms with Crippen molar-refractivity contribution in [2.24, 2.45) is 0 Å². The number of carboxylic acids is 1. The molecule has 0 fully saturated rings. The van der Waals surface area contributed by atoms with E-state index in [1.807, 2.05) is 0 Å². The summed E-state index contributed by atoms with van der Waals surface area (Å²) in [5.41, 5.74) is 0.382. The predicted octanol–water partition coefficient (Wildman–Crippen LogP) is 3.16. The summed E-state index contributed by atoms with van der Waals surface area (Å²) in [6.45, 7) is 1.57. The Bertz CT molecular complexity index is 926. The van der Waals surface area contributed by atoms with Crippen molar-refractivity contribution in [3.63, 3.8) is 0 Å². The molecule has 0 heterocycles. The minimum absolute atomic E-state index is 0.115. The maximum Gasteiger partial charge on any atom is 0.335 e. The van der Waals surface area contributed by atoms with Gasteiger partial charge in [0.2, 0.25) is 0 Å². The monoisotopic (exact) mass is 385 g/mol. The lowest BCUT2D eigenvalue weighted by Gasteiger charge is -2.15. The number of benzene rings is 2. The van der Waals surface area contributed by atoms with Crippen LogP contribution in [-0.4, -0.2) is 33.7 Å². The Morgan fingerprint density at radius 3 is 2.32 bits per heavy atom. The second-order valence-electron chi connectivity index (χ2n) is 5.08. The highest BCUT2D eigenvalue weighted by Gasteiger charge is 2.22. The van der Waals surface area contributed by atoms with Crippen molar-refractivity contribution in [3.05, 3.63) is 46.5 Å². The molecule has 134 valence electrons. The molecule has 25 heavy (non-hydrogen) atoms. The second kappa shape index (κ2) is 7.20. The fourth-order valence-corrected chi connectivity index (χ4v) is 3.73. The quantitative estimate of drug-likeness (QED) is 0.791. The van der Waals surface area contributed by atoms with Crippen molar-refractivity contribution in [2.75, 3.05) is 18.9 Å². The van der Waals surface area contributed by atoms with Crippen molar-refractivity contribution in [1.82, 2.24) is 0 Å². The summed E-state index contributed by atoms with van der Waals surface area (Å²) < 4.78 is 38.0. The van der Waals surface area contributed by atoms with Gasteiger partial charge in [0.05, 0.1) is 35.4 Å². The highest BCUT2D eigenvalue weighted by molar-refractivity contribution is 7.92. The van der Waals surface area contributed by atoms with Crippen molar-refractivity contribution in [3.8, 4) is 11.5 Å². The van der Waals surface area contributed by atoms with Crippen LogP contribution in [0.2, 0.25) is 5.02 Å². The van der Waals surface area contributed by atoms with E-state index < -0.39 is 16.0 Å². The zero-order valence-electron chi connectivity index (χ0n) is 13.7. The van der Waals surface area contributed by atoms with E-state index in [-0.39, 0.29) is 32.7 Å². The van der Waals surface area contributed by atoms with E-state index in [9.17, 15) is 13.2 Å². The van der Waals surface area contributed by atoms with Gasteiger partial charge in [-0.25, -0.2) is 13.2 Å². The molecule has 9 heteroatoms. The van der Waals surface area contributed by atoms with Crippen LogP contribution in [0, 0.1) is 6.92 Å². The van der Waals surface area contributed by atoms with E-state index in [0.717, 1.165) is 6.07 Å². The highest BCUT2D eigenvalue weighted by atomic mass is 35.5. The molecule has 0 aliphatic rings. The lowest BCUT2D eigenvalue weighted by molar-refractivity contribution is 0.0696. The first-order valence-electron chi connectivity index (χ1n) is 6.98. The summed E-state index contributed by atoms with van der Waals surface area (Å²) in [5.74, 6) is -0.764. The smallest absolute Gasteiger partial charge is 0.335 e. The molecule has 0 aliphatic heterocycles. The lowest BCUT2D eigenvalue weighted by Crippen LogP contribution is -2.16. The maximum absolute atomic E-state index is 12.7. The minimum Gasteiger partial charge on any atom is -0.495 e. The van der Waals surface area contributed by atoms with Gasteiger partial charge < -0.3 is 14.6 Å². The number of hydrogen-bond acceptors (Lipinski definition) is 5. The average molecular weight is 386 g/mol. The van der Waals surface area contributed by atoms with E-state index in [0.29, 0.717) is 5.56 Å². The van der Waals surface area contributed by atoms with Gasteiger partial charge >= 0.3 is 5.97 Å². The molecule has 2 N–H and O–H groups in total. The number of carbonyl (C=O) groups is 1. The van der Waals surface area contributed by atoms with Gasteiger partial charge in [0.15, 0.2) is 0 Å². The number of nitrogens with one attached hydrogen (secondary N) is 1. The van der Waals surface area contributed by atoms with E-state index in [2.05, 4.69) is 4.72 Å². The number of carboxylic acid groups (broad SMARTS) is 1. The van der Waals surface area contributed by atoms with Gasteiger partial charge in [-0.1, -0.05) is 17.7 Å². The van der Waals surface area contributed by atoms with Crippen molar-refractivity contribution >= 4 is 33.3 Å². The first kappa shape index (κ1) is 18.9. The van der Waals surface area contributed by atoms with E-state index >= 15 is 0 Å². The molecule has 0 spiro atoms. The number of methoxy groups -OCH3 is 2. The summed E-state index contributed by atoms with van der Waals surface area (Å²) in [6, 6.07) is 6.66. The standard InChI is InChI=1S/C16H16ClNO6S/c1-9-4-5-10(16(19)20)6-15(9)25(21,22)18-12-8-13(23-2)11(17)7-14(12)24-3/h4-8,18H,1-3H3,(H,19,20). The van der Waals surface area contributed by atoms with E-state index in [1.165, 1.54) is 38.5 Å². The number of hydrogen-bond donors (Lipinski definition) is 2. The van der Waals surface area contributed by atoms with Crippen LogP contribution >= 0.6 is 11.6 Å². The number of ether oxygens (including phenoxy) is 2. The Morgan fingerprint density at radius 1 is 1.12 bits per heavy atom. The Kier molecular flexibility index (Phi) is 5.44. The molecule has 2 aromatic rings. The number of aromatic carboxylic acids is 1. The van der Waals surface area contributed by atoms with Crippen LogP contribution in [0.5, 0.6) is 11.5 Å². The average Bonchev–Trinajstić information content (AvgIpc) is 2.55. The number of aryl methyl sites for hydroxylation is 1. The molecule has 0 saturated heterocycles. The molecule has 0 atom stereocenters. The molecule has 0 saturated carbocycles. The molecular weight excluding hydrogens is 370 g/mol. The largest absolute Gasteiger partial charge is 0.495 e. The fraction of sp³-hybridized carbons (Fsp3) is 0.188. The van der Waals surface area contributed by atoms with Crippen molar-refractivity contribution in [1.29, 1.82) is 0 Å². The summed E-state index contributed by atoms with van der Waals surface area (Å²) >= 11 is 6.00. The molecule has 0 radical (unpaired) electrons. The maximum atomic E-state index is 12.7. The van der Waals surface area contributed by atoms with Crippen LogP contribution in [0.3, 0.4) is 0 Å². The van der Waals surface area contributed by atoms with Crippen LogP contribution < -0.4 is 14.2 Å². The first-order valence-corrected chi connectivity index (χ1v) is 8.84. The van der Waals surface area contributed by atoms with Crippen LogP contribution in [0.4, 0.5) is 5.69 Å². The van der Waals surface area contributed by atoms with Gasteiger partial charge in [0, 0.05) is 12.1 Å². The fourth-order valence-electron chi connectivity index (χ4n) is 2.16. The molecule has 0 unspecified atom stereocenters. The molecule has 7 nitrogen and oxygen atoms in total. The Balaban J connectivity index is 2.53. The lowest BCUT2D eigenvalue weighted by atomic mass is 10.1. The summed E-state index contributed by atoms with van der Waals surface area (Å²) in [4.78, 5) is 11.0. The number of anilines is 1. The normalized spacial score (nSPS) is 11.0. The molecule has 0 aliphatic carbocycles. The zero-order chi connectivity index (χ0) is 18.8. The highest BCUT2D eigenvalue weighted by Crippen LogP contribution is 2.37.